The highest BCUT2D eigenvalue weighted by atomic mass is 32.1. The lowest BCUT2D eigenvalue weighted by Crippen LogP contribution is -2.30. The summed E-state index contributed by atoms with van der Waals surface area (Å²) in [5.74, 6) is 0.560. The van der Waals surface area contributed by atoms with Crippen molar-refractivity contribution in [1.29, 1.82) is 0 Å². The fourth-order valence-corrected chi connectivity index (χ4v) is 5.75. The van der Waals surface area contributed by atoms with Crippen LogP contribution in [0.3, 0.4) is 0 Å². The Morgan fingerprint density at radius 1 is 1.16 bits per heavy atom. The molecule has 2 aliphatic rings. The van der Waals surface area contributed by atoms with Gasteiger partial charge in [0.25, 0.3) is 5.91 Å². The van der Waals surface area contributed by atoms with Crippen LogP contribution in [0.2, 0.25) is 0 Å². The third-order valence-electron chi connectivity index (χ3n) is 6.41. The summed E-state index contributed by atoms with van der Waals surface area (Å²) >= 11 is 1.71. The summed E-state index contributed by atoms with van der Waals surface area (Å²) in [4.78, 5) is 25.7. The maximum Gasteiger partial charge on any atom is 0.255 e. The average molecular weight is 432 g/mol. The van der Waals surface area contributed by atoms with E-state index in [-0.39, 0.29) is 18.0 Å². The first-order valence-electron chi connectivity index (χ1n) is 11.1. The van der Waals surface area contributed by atoms with Gasteiger partial charge in [0.1, 0.15) is 5.01 Å². The van der Waals surface area contributed by atoms with Crippen molar-refractivity contribution in [2.24, 2.45) is 0 Å². The van der Waals surface area contributed by atoms with Crippen molar-refractivity contribution in [1.82, 2.24) is 24.6 Å². The Kier molecular flexibility index (Phi) is 4.35. The number of carbonyl (C=O) groups excluding carboxylic acids is 1. The Bertz CT molecular complexity index is 1270. The predicted octanol–water partition coefficient (Wildman–Crippen LogP) is 5.48. The third kappa shape index (κ3) is 3.14. The van der Waals surface area contributed by atoms with E-state index >= 15 is 0 Å². The van der Waals surface area contributed by atoms with Gasteiger partial charge in [0.15, 0.2) is 5.65 Å². The molecule has 0 unspecified atom stereocenters. The number of para-hydroxylation sites is 1. The van der Waals surface area contributed by atoms with Crippen molar-refractivity contribution < 1.29 is 4.79 Å². The standard InChI is InChI=1S/C24H25N5OS/c1-14(2)29-22-17(13-25-29)16(12-19(26-22)15-9-10-15)24(30)28-11-5-7-20(28)23-27-18-6-3-4-8-21(18)31-23/h3-4,6,8,12-15,20H,5,7,9-11H2,1-2H3/t20-/m0/s1. The number of rotatable bonds is 4. The molecule has 1 saturated carbocycles. The van der Waals surface area contributed by atoms with Crippen LogP contribution >= 0.6 is 11.3 Å². The lowest BCUT2D eigenvalue weighted by Gasteiger charge is -2.23. The van der Waals surface area contributed by atoms with Crippen LogP contribution in [0, 0.1) is 0 Å². The first kappa shape index (κ1) is 18.9. The van der Waals surface area contributed by atoms with Gasteiger partial charge < -0.3 is 4.90 Å². The SMILES string of the molecule is CC(C)n1ncc2c(C(=O)N3CCC[C@H]3c3nc4ccccc4s3)cc(C3CC3)nc21. The summed E-state index contributed by atoms with van der Waals surface area (Å²) < 4.78 is 3.12. The summed E-state index contributed by atoms with van der Waals surface area (Å²) in [7, 11) is 0. The van der Waals surface area contributed by atoms with Gasteiger partial charge >= 0.3 is 0 Å². The second kappa shape index (κ2) is 7.12. The van der Waals surface area contributed by atoms with Crippen LogP contribution in [0.4, 0.5) is 0 Å². The van der Waals surface area contributed by atoms with Crippen molar-refractivity contribution in [3.63, 3.8) is 0 Å². The molecule has 31 heavy (non-hydrogen) atoms. The van der Waals surface area contributed by atoms with Crippen molar-refractivity contribution in [2.45, 2.75) is 57.5 Å². The molecule has 7 heteroatoms. The van der Waals surface area contributed by atoms with Crippen molar-refractivity contribution in [3.05, 3.63) is 52.8 Å². The zero-order valence-corrected chi connectivity index (χ0v) is 18.6. The number of amides is 1. The fraction of sp³-hybridized carbons (Fsp3) is 0.417. The van der Waals surface area contributed by atoms with Crippen molar-refractivity contribution in [2.75, 3.05) is 6.54 Å². The van der Waals surface area contributed by atoms with E-state index in [0.717, 1.165) is 65.0 Å². The molecular weight excluding hydrogens is 406 g/mol. The number of nitrogens with zero attached hydrogens (tertiary/aromatic N) is 5. The molecule has 0 radical (unpaired) electrons. The number of pyridine rings is 1. The fourth-order valence-electron chi connectivity index (χ4n) is 4.63. The third-order valence-corrected chi connectivity index (χ3v) is 7.55. The van der Waals surface area contributed by atoms with E-state index in [1.165, 1.54) is 4.70 Å². The maximum absolute atomic E-state index is 13.9. The molecule has 6 nitrogen and oxygen atoms in total. The van der Waals surface area contributed by atoms with Gasteiger partial charge in [-0.25, -0.2) is 14.6 Å². The van der Waals surface area contributed by atoms with Crippen LogP contribution in [0.5, 0.6) is 0 Å². The van der Waals surface area contributed by atoms with Crippen LogP contribution in [-0.4, -0.2) is 37.1 Å². The predicted molar refractivity (Wildman–Crippen MR) is 123 cm³/mol. The molecule has 1 saturated heterocycles. The molecular formula is C24H25N5OS. The second-order valence-corrected chi connectivity index (χ2v) is 10.0. The molecule has 1 aliphatic heterocycles. The van der Waals surface area contributed by atoms with E-state index in [1.807, 2.05) is 40.0 Å². The summed E-state index contributed by atoms with van der Waals surface area (Å²) in [5, 5.41) is 6.46. The Morgan fingerprint density at radius 2 is 2.00 bits per heavy atom. The zero-order valence-electron chi connectivity index (χ0n) is 17.8. The average Bonchev–Trinajstić information content (AvgIpc) is 3.17. The van der Waals surface area contributed by atoms with Gasteiger partial charge in [0.05, 0.1) is 33.4 Å². The summed E-state index contributed by atoms with van der Waals surface area (Å²) in [6.45, 7) is 4.96. The van der Waals surface area contributed by atoms with Gasteiger partial charge in [0.2, 0.25) is 0 Å². The molecule has 4 aromatic rings. The minimum absolute atomic E-state index is 0.0395. The number of hydrogen-bond donors (Lipinski definition) is 0. The summed E-state index contributed by atoms with van der Waals surface area (Å²) in [5.41, 5.74) is 3.63. The molecule has 0 bridgehead atoms. The van der Waals surface area contributed by atoms with E-state index < -0.39 is 0 Å². The van der Waals surface area contributed by atoms with Crippen molar-refractivity contribution in [3.8, 4) is 0 Å². The van der Waals surface area contributed by atoms with Gasteiger partial charge in [0, 0.05) is 24.2 Å². The van der Waals surface area contributed by atoms with Crippen molar-refractivity contribution >= 4 is 38.5 Å². The highest BCUT2D eigenvalue weighted by molar-refractivity contribution is 7.18. The van der Waals surface area contributed by atoms with Crippen LogP contribution in [0.15, 0.2) is 36.5 Å². The first-order valence-corrected chi connectivity index (χ1v) is 12.0. The number of benzene rings is 1. The topological polar surface area (TPSA) is 63.9 Å². The van der Waals surface area contributed by atoms with Crippen LogP contribution in [0.25, 0.3) is 21.3 Å². The Morgan fingerprint density at radius 3 is 2.77 bits per heavy atom. The molecule has 0 spiro atoms. The molecule has 1 amide bonds. The van der Waals surface area contributed by atoms with Crippen LogP contribution in [0.1, 0.15) is 78.6 Å². The molecule has 0 N–H and O–H groups in total. The normalized spacial score (nSPS) is 19.2. The molecule has 1 aromatic carbocycles. The van der Waals surface area contributed by atoms with Gasteiger partial charge in [-0.15, -0.1) is 11.3 Å². The van der Waals surface area contributed by atoms with E-state index in [1.54, 1.807) is 11.3 Å². The molecule has 2 fully saturated rings. The smallest absolute Gasteiger partial charge is 0.255 e. The van der Waals surface area contributed by atoms with Gasteiger partial charge in [-0.2, -0.15) is 5.10 Å². The zero-order chi connectivity index (χ0) is 21.1. The van der Waals surface area contributed by atoms with E-state index in [4.69, 9.17) is 9.97 Å². The number of aromatic nitrogens is 4. The minimum Gasteiger partial charge on any atom is -0.329 e. The molecule has 3 aromatic heterocycles. The summed E-state index contributed by atoms with van der Waals surface area (Å²) in [6.07, 6.45) is 6.08. The lowest BCUT2D eigenvalue weighted by molar-refractivity contribution is 0.0737. The van der Waals surface area contributed by atoms with Gasteiger partial charge in [-0.05, 0) is 57.7 Å². The number of hydrogen-bond acceptors (Lipinski definition) is 5. The number of fused-ring (bicyclic) bond motifs is 2. The Balaban J connectivity index is 1.42. The molecule has 4 heterocycles. The first-order chi connectivity index (χ1) is 15.1. The molecule has 158 valence electrons. The second-order valence-electron chi connectivity index (χ2n) is 8.97. The molecule has 6 rings (SSSR count). The quantitative estimate of drug-likeness (QED) is 0.429. The highest BCUT2D eigenvalue weighted by Gasteiger charge is 2.35. The van der Waals surface area contributed by atoms with Crippen LogP contribution < -0.4 is 0 Å². The van der Waals surface area contributed by atoms with E-state index in [9.17, 15) is 4.79 Å². The Hall–Kier alpha value is -2.80. The highest BCUT2D eigenvalue weighted by Crippen LogP contribution is 2.42. The largest absolute Gasteiger partial charge is 0.329 e. The van der Waals surface area contributed by atoms with E-state index in [2.05, 4.69) is 25.0 Å². The number of carbonyl (C=O) groups is 1. The van der Waals surface area contributed by atoms with E-state index in [0.29, 0.717) is 5.92 Å². The monoisotopic (exact) mass is 431 g/mol. The summed E-state index contributed by atoms with van der Waals surface area (Å²) in [6, 6.07) is 10.5. The Labute approximate surface area is 184 Å². The number of thiazole rings is 1. The molecule has 1 atom stereocenters. The molecule has 1 aliphatic carbocycles. The van der Waals surface area contributed by atoms with Crippen LogP contribution in [-0.2, 0) is 0 Å². The number of likely N-dealkylation sites (tertiary alicyclic amines) is 1. The van der Waals surface area contributed by atoms with Gasteiger partial charge in [-0.3, -0.25) is 4.79 Å². The van der Waals surface area contributed by atoms with Gasteiger partial charge in [-0.1, -0.05) is 12.1 Å². The minimum atomic E-state index is 0.0395. The lowest BCUT2D eigenvalue weighted by atomic mass is 10.1. The maximum atomic E-state index is 13.9.